The number of halogens is 5. The number of fused-ring (bicyclic) bond motifs is 1. The minimum absolute atomic E-state index is 0.0735. The van der Waals surface area contributed by atoms with Gasteiger partial charge in [-0.2, -0.15) is 23.4 Å². The Morgan fingerprint density at radius 1 is 1.24 bits per heavy atom. The molecule has 3 aliphatic rings. The number of aryl methyl sites for hydroxylation is 1. The molecule has 2 aliphatic heterocycles. The molecule has 4 atom stereocenters. The number of nitrogens with one attached hydrogen (secondary N) is 2. The Hall–Kier alpha value is -3.66. The van der Waals surface area contributed by atoms with E-state index in [1.807, 2.05) is 6.92 Å². The van der Waals surface area contributed by atoms with Crippen molar-refractivity contribution < 1.29 is 41.0 Å². The first-order chi connectivity index (χ1) is 21.9. The molecule has 2 saturated heterocycles. The van der Waals surface area contributed by atoms with E-state index in [0.29, 0.717) is 48.1 Å². The summed E-state index contributed by atoms with van der Waals surface area (Å²) in [6, 6.07) is 2.54. The van der Waals surface area contributed by atoms with E-state index in [9.17, 15) is 31.5 Å². The van der Waals surface area contributed by atoms with Crippen molar-refractivity contribution in [2.24, 2.45) is 17.8 Å². The van der Waals surface area contributed by atoms with Gasteiger partial charge in [0.25, 0.3) is 5.91 Å². The zero-order chi connectivity index (χ0) is 32.6. The average molecular weight is 654 g/mol. The molecule has 3 fully saturated rings. The summed E-state index contributed by atoms with van der Waals surface area (Å²) < 4.78 is 83.4. The Labute approximate surface area is 261 Å². The predicted molar refractivity (Wildman–Crippen MR) is 152 cm³/mol. The summed E-state index contributed by atoms with van der Waals surface area (Å²) in [5.41, 5.74) is 1.98. The summed E-state index contributed by atoms with van der Waals surface area (Å²) in [6.45, 7) is 2.68. The molecule has 2 N–H and O–H groups in total. The standard InChI is InChI=1S/C30H36F5N7O4/c1-2-41-23(5-8-37-41)28(44)39-26(17-3-6-29(31,32)7-4-17)22-15-42-25(38-22)13-20(24-16-45-9-10-46-24)21(40-42)12-18-11-19(30(33,34)35)14-36-27(18)43/h5,8,13,15,17-19,24,26H,2-4,6-7,9-12,14,16H2,1H3,(H,36,43)(H,39,44). The second kappa shape index (κ2) is 12.9. The van der Waals surface area contributed by atoms with Crippen molar-refractivity contribution in [2.75, 3.05) is 26.4 Å². The maximum Gasteiger partial charge on any atom is 0.393 e. The number of hydrogen-bond donors (Lipinski definition) is 2. The summed E-state index contributed by atoms with van der Waals surface area (Å²) in [7, 11) is 0. The lowest BCUT2D eigenvalue weighted by atomic mass is 9.81. The Morgan fingerprint density at radius 3 is 2.72 bits per heavy atom. The van der Waals surface area contributed by atoms with Crippen LogP contribution < -0.4 is 10.6 Å². The van der Waals surface area contributed by atoms with Gasteiger partial charge in [-0.1, -0.05) is 0 Å². The SMILES string of the molecule is CCn1nccc1C(=O)NC(c1cn2nc(CC3CC(C(F)(F)F)CNC3=O)c(C3COCCO3)cc2n1)C1CCC(F)(F)CC1. The second-order valence-electron chi connectivity index (χ2n) is 12.2. The van der Waals surface area contributed by atoms with Crippen molar-refractivity contribution in [1.82, 2.24) is 35.0 Å². The number of carbonyl (C=O) groups excluding carboxylic acids is 2. The van der Waals surface area contributed by atoms with Crippen LogP contribution in [0.15, 0.2) is 24.5 Å². The molecule has 3 aromatic heterocycles. The summed E-state index contributed by atoms with van der Waals surface area (Å²) >= 11 is 0. The van der Waals surface area contributed by atoms with Gasteiger partial charge in [0.05, 0.1) is 49.4 Å². The van der Waals surface area contributed by atoms with E-state index in [4.69, 9.17) is 19.6 Å². The van der Waals surface area contributed by atoms with E-state index < -0.39 is 54.4 Å². The number of rotatable bonds is 8. The van der Waals surface area contributed by atoms with E-state index in [2.05, 4.69) is 15.7 Å². The van der Waals surface area contributed by atoms with Crippen molar-refractivity contribution in [1.29, 1.82) is 0 Å². The van der Waals surface area contributed by atoms with Gasteiger partial charge in [-0.15, -0.1) is 0 Å². The lowest BCUT2D eigenvalue weighted by molar-refractivity contribution is -0.183. The van der Waals surface area contributed by atoms with Gasteiger partial charge in [0.2, 0.25) is 11.8 Å². The Morgan fingerprint density at radius 2 is 2.02 bits per heavy atom. The first kappa shape index (κ1) is 32.3. The lowest BCUT2D eigenvalue weighted by Gasteiger charge is -2.33. The van der Waals surface area contributed by atoms with E-state index in [-0.39, 0.29) is 51.0 Å². The minimum Gasteiger partial charge on any atom is -0.376 e. The number of alkyl halides is 5. The predicted octanol–water partition coefficient (Wildman–Crippen LogP) is 4.19. The molecule has 3 aromatic rings. The first-order valence-corrected chi connectivity index (χ1v) is 15.5. The average Bonchev–Trinajstić information content (AvgIpc) is 3.67. The molecule has 250 valence electrons. The van der Waals surface area contributed by atoms with Crippen molar-refractivity contribution in [3.8, 4) is 0 Å². The number of carbonyl (C=O) groups is 2. The number of piperidine rings is 1. The number of imidazole rings is 1. The van der Waals surface area contributed by atoms with Crippen LogP contribution in [0.3, 0.4) is 0 Å². The maximum atomic E-state index is 14.1. The molecular formula is C30H36F5N7O4. The second-order valence-corrected chi connectivity index (χ2v) is 12.2. The van der Waals surface area contributed by atoms with E-state index in [1.54, 1.807) is 18.3 Å². The van der Waals surface area contributed by atoms with Crippen molar-refractivity contribution >= 4 is 17.5 Å². The van der Waals surface area contributed by atoms with Crippen LogP contribution in [0.4, 0.5) is 22.0 Å². The molecule has 0 radical (unpaired) electrons. The highest BCUT2D eigenvalue weighted by Gasteiger charge is 2.45. The molecule has 6 rings (SSSR count). The third kappa shape index (κ3) is 6.87. The van der Waals surface area contributed by atoms with Crippen LogP contribution in [-0.2, 0) is 27.2 Å². The molecule has 1 saturated carbocycles. The van der Waals surface area contributed by atoms with Gasteiger partial charge in [0.1, 0.15) is 11.8 Å². The fraction of sp³-hybridized carbons (Fsp3) is 0.633. The molecule has 11 nitrogen and oxygen atoms in total. The largest absolute Gasteiger partial charge is 0.393 e. The highest BCUT2D eigenvalue weighted by atomic mass is 19.4. The van der Waals surface area contributed by atoms with Crippen molar-refractivity contribution in [3.63, 3.8) is 0 Å². The monoisotopic (exact) mass is 653 g/mol. The normalized spacial score (nSPS) is 24.9. The van der Waals surface area contributed by atoms with Gasteiger partial charge in [-0.3, -0.25) is 14.3 Å². The third-order valence-electron chi connectivity index (χ3n) is 9.19. The Kier molecular flexibility index (Phi) is 9.02. The van der Waals surface area contributed by atoms with Gasteiger partial charge >= 0.3 is 6.18 Å². The molecule has 5 heterocycles. The lowest BCUT2D eigenvalue weighted by Crippen LogP contribution is -2.47. The molecule has 2 amide bonds. The van der Waals surface area contributed by atoms with Gasteiger partial charge in [0.15, 0.2) is 5.65 Å². The summed E-state index contributed by atoms with van der Waals surface area (Å²) in [4.78, 5) is 30.9. The fourth-order valence-electron chi connectivity index (χ4n) is 6.63. The van der Waals surface area contributed by atoms with Crippen LogP contribution in [0.1, 0.15) is 78.6 Å². The first-order valence-electron chi connectivity index (χ1n) is 15.5. The molecule has 16 heteroatoms. The molecule has 0 aromatic carbocycles. The minimum atomic E-state index is -4.46. The van der Waals surface area contributed by atoms with Gasteiger partial charge in [0, 0.05) is 50.0 Å². The molecule has 0 bridgehead atoms. The van der Waals surface area contributed by atoms with Crippen LogP contribution in [0.2, 0.25) is 0 Å². The van der Waals surface area contributed by atoms with Crippen LogP contribution >= 0.6 is 0 Å². The van der Waals surface area contributed by atoms with E-state index >= 15 is 0 Å². The third-order valence-corrected chi connectivity index (χ3v) is 9.19. The summed E-state index contributed by atoms with van der Waals surface area (Å²) in [5, 5.41) is 14.2. The van der Waals surface area contributed by atoms with Crippen LogP contribution in [0.5, 0.6) is 0 Å². The van der Waals surface area contributed by atoms with Crippen LogP contribution in [0, 0.1) is 17.8 Å². The summed E-state index contributed by atoms with van der Waals surface area (Å²) in [6.07, 6.45) is -2.71. The Balaban J connectivity index is 1.35. The number of ether oxygens (including phenoxy) is 2. The highest BCUT2D eigenvalue weighted by Crippen LogP contribution is 2.42. The number of amides is 2. The van der Waals surface area contributed by atoms with Crippen LogP contribution in [0.25, 0.3) is 5.65 Å². The number of hydrogen-bond acceptors (Lipinski definition) is 7. The zero-order valence-electron chi connectivity index (χ0n) is 25.2. The van der Waals surface area contributed by atoms with Crippen molar-refractivity contribution in [3.05, 3.63) is 47.2 Å². The number of aromatic nitrogens is 5. The molecular weight excluding hydrogens is 617 g/mol. The molecule has 0 spiro atoms. The van der Waals surface area contributed by atoms with Gasteiger partial charge in [-0.05, 0) is 44.2 Å². The summed E-state index contributed by atoms with van der Waals surface area (Å²) in [5.74, 6) is -6.68. The molecule has 4 unspecified atom stereocenters. The van der Waals surface area contributed by atoms with E-state index in [1.165, 1.54) is 15.4 Å². The maximum absolute atomic E-state index is 14.1. The van der Waals surface area contributed by atoms with Crippen molar-refractivity contribution in [2.45, 2.75) is 76.2 Å². The number of nitrogens with zero attached hydrogens (tertiary/aromatic N) is 5. The Bertz CT molecular complexity index is 1560. The van der Waals surface area contributed by atoms with E-state index in [0.717, 1.165) is 0 Å². The van der Waals surface area contributed by atoms with Crippen LogP contribution in [-0.4, -0.2) is 74.7 Å². The topological polar surface area (TPSA) is 125 Å². The zero-order valence-corrected chi connectivity index (χ0v) is 25.2. The quantitative estimate of drug-likeness (QED) is 0.350. The molecule has 1 aliphatic carbocycles. The highest BCUT2D eigenvalue weighted by molar-refractivity contribution is 5.92. The van der Waals surface area contributed by atoms with Gasteiger partial charge < -0.3 is 20.1 Å². The fourth-order valence-corrected chi connectivity index (χ4v) is 6.63. The van der Waals surface area contributed by atoms with Gasteiger partial charge in [-0.25, -0.2) is 18.3 Å². The smallest absolute Gasteiger partial charge is 0.376 e. The molecule has 46 heavy (non-hydrogen) atoms.